The van der Waals surface area contributed by atoms with Crippen molar-refractivity contribution in [3.63, 3.8) is 0 Å². The summed E-state index contributed by atoms with van der Waals surface area (Å²) >= 11 is 0. The zero-order valence-corrected chi connectivity index (χ0v) is 7.75. The predicted octanol–water partition coefficient (Wildman–Crippen LogP) is 2.24. The minimum atomic E-state index is -1.99. The minimum Gasteiger partial charge on any atom is -0.342 e. The first kappa shape index (κ1) is 7.23. The molecule has 4 heteroatoms. The molecule has 0 bridgehead atoms. The molecule has 0 saturated carbocycles. The van der Waals surface area contributed by atoms with Crippen molar-refractivity contribution in [2.24, 2.45) is 0 Å². The molecule has 0 aliphatic carbocycles. The Labute approximate surface area is 89.7 Å². The lowest BCUT2D eigenvalue weighted by Crippen LogP contribution is -2.00. The lowest BCUT2D eigenvalue weighted by Gasteiger charge is -2.03. The van der Waals surface area contributed by atoms with Crippen molar-refractivity contribution in [2.75, 3.05) is 0 Å². The third-order valence-corrected chi connectivity index (χ3v) is 1.89. The van der Waals surface area contributed by atoms with E-state index in [1.54, 1.807) is 18.2 Å². The van der Waals surface area contributed by atoms with Gasteiger partial charge >= 0.3 is 0 Å². The smallest absolute Gasteiger partial charge is 0.274 e. The molecular formula is C11H9N2O2. The summed E-state index contributed by atoms with van der Waals surface area (Å²) in [6.07, 6.45) is 4.14. The lowest BCUT2D eigenvalue weighted by atomic mass is 10.2. The van der Waals surface area contributed by atoms with Crippen molar-refractivity contribution in [2.45, 2.75) is 6.50 Å². The summed E-state index contributed by atoms with van der Waals surface area (Å²) in [7, 11) is 0. The SMILES string of the molecule is [3H]C([3H])(c1ccccc1[N+](=O)[O-])n1[c]ccc1. The Morgan fingerprint density at radius 1 is 1.47 bits per heavy atom. The van der Waals surface area contributed by atoms with Gasteiger partial charge in [-0.1, -0.05) is 18.2 Å². The number of nitrogens with zero attached hydrogens (tertiary/aromatic N) is 2. The summed E-state index contributed by atoms with van der Waals surface area (Å²) in [5.74, 6) is 0. The molecule has 2 rings (SSSR count). The number of rotatable bonds is 3. The Balaban J connectivity index is 2.57. The molecule has 0 N–H and O–H groups in total. The summed E-state index contributed by atoms with van der Waals surface area (Å²) in [5.41, 5.74) is -0.225. The van der Waals surface area contributed by atoms with Crippen molar-refractivity contribution in [1.82, 2.24) is 4.57 Å². The van der Waals surface area contributed by atoms with E-state index < -0.39 is 11.4 Å². The minimum absolute atomic E-state index is 0.0115. The van der Waals surface area contributed by atoms with E-state index in [9.17, 15) is 10.1 Å². The van der Waals surface area contributed by atoms with Crippen LogP contribution in [0.25, 0.3) is 0 Å². The molecule has 1 radical (unpaired) electrons. The molecule has 0 fully saturated rings. The average molecular weight is 205 g/mol. The summed E-state index contributed by atoms with van der Waals surface area (Å²) in [6, 6.07) is 8.95. The van der Waals surface area contributed by atoms with E-state index in [0.717, 1.165) is 0 Å². The summed E-state index contributed by atoms with van der Waals surface area (Å²) in [6.45, 7) is -1.99. The number of para-hydroxylation sites is 1. The molecule has 1 heterocycles. The van der Waals surface area contributed by atoms with E-state index in [1.165, 1.54) is 29.0 Å². The topological polar surface area (TPSA) is 48.1 Å². The fourth-order valence-electron chi connectivity index (χ4n) is 1.22. The second-order valence-corrected chi connectivity index (χ2v) is 2.89. The maximum absolute atomic E-state index is 10.9. The van der Waals surface area contributed by atoms with E-state index >= 15 is 0 Å². The molecule has 0 spiro atoms. The third-order valence-electron chi connectivity index (χ3n) is 1.89. The van der Waals surface area contributed by atoms with Gasteiger partial charge in [0.1, 0.15) is 0 Å². The highest BCUT2D eigenvalue weighted by Gasteiger charge is 2.11. The van der Waals surface area contributed by atoms with Crippen molar-refractivity contribution in [1.29, 1.82) is 0 Å². The van der Waals surface area contributed by atoms with Gasteiger partial charge < -0.3 is 4.57 Å². The summed E-state index contributed by atoms with van der Waals surface area (Å²) < 4.78 is 17.1. The molecule has 1 aromatic carbocycles. The van der Waals surface area contributed by atoms with Crippen LogP contribution in [-0.2, 0) is 6.50 Å². The molecule has 1 aromatic heterocycles. The quantitative estimate of drug-likeness (QED) is 0.570. The Morgan fingerprint density at radius 2 is 2.27 bits per heavy atom. The molecule has 75 valence electrons. The largest absolute Gasteiger partial charge is 0.342 e. The summed E-state index contributed by atoms with van der Waals surface area (Å²) in [4.78, 5) is 10.3. The highest BCUT2D eigenvalue weighted by molar-refractivity contribution is 5.39. The van der Waals surface area contributed by atoms with Crippen molar-refractivity contribution < 1.29 is 7.66 Å². The molecule has 0 unspecified atom stereocenters. The molecule has 0 aliphatic heterocycles. The van der Waals surface area contributed by atoms with Gasteiger partial charge in [0.25, 0.3) is 5.69 Å². The van der Waals surface area contributed by atoms with Crippen LogP contribution in [0.3, 0.4) is 0 Å². The third kappa shape index (κ3) is 2.04. The molecule has 15 heavy (non-hydrogen) atoms. The van der Waals surface area contributed by atoms with E-state index in [4.69, 9.17) is 2.74 Å². The average Bonchev–Trinajstić information content (AvgIpc) is 2.83. The maximum atomic E-state index is 10.9. The number of hydrogen-bond donors (Lipinski definition) is 0. The van der Waals surface area contributed by atoms with E-state index in [2.05, 4.69) is 6.20 Å². The van der Waals surface area contributed by atoms with Crippen LogP contribution in [0.15, 0.2) is 42.6 Å². The van der Waals surface area contributed by atoms with E-state index in [-0.39, 0.29) is 11.3 Å². The van der Waals surface area contributed by atoms with Gasteiger partial charge in [-0.3, -0.25) is 10.1 Å². The van der Waals surface area contributed by atoms with Gasteiger partial charge in [0.2, 0.25) is 0 Å². The molecule has 0 aliphatic rings. The fourth-order valence-corrected chi connectivity index (χ4v) is 1.22. The molecular weight excluding hydrogens is 192 g/mol. The van der Waals surface area contributed by atoms with Crippen LogP contribution in [-0.4, -0.2) is 9.49 Å². The van der Waals surface area contributed by atoms with Gasteiger partial charge in [-0.15, -0.1) is 0 Å². The van der Waals surface area contributed by atoms with Gasteiger partial charge in [0.15, 0.2) is 0 Å². The first-order chi connectivity index (χ1) is 8.03. The second kappa shape index (κ2) is 3.96. The standard InChI is InChI=1S/C11H9N2O2/c14-13(15)11-6-2-1-5-10(11)9-12-7-3-4-8-12/h1-7H,9H2/i9T2. The maximum Gasteiger partial charge on any atom is 0.274 e. The normalized spacial score (nSPS) is 13.1. The van der Waals surface area contributed by atoms with Crippen molar-refractivity contribution in [3.05, 3.63) is 64.5 Å². The van der Waals surface area contributed by atoms with Crippen LogP contribution in [0.5, 0.6) is 0 Å². The van der Waals surface area contributed by atoms with E-state index in [1.807, 2.05) is 0 Å². The molecule has 4 nitrogen and oxygen atoms in total. The molecule has 2 aromatic rings. The van der Waals surface area contributed by atoms with E-state index in [0.29, 0.717) is 0 Å². The summed E-state index contributed by atoms with van der Waals surface area (Å²) in [5, 5.41) is 10.9. The van der Waals surface area contributed by atoms with Crippen LogP contribution in [0.1, 0.15) is 8.30 Å². The van der Waals surface area contributed by atoms with Crippen LogP contribution in [0.4, 0.5) is 5.69 Å². The van der Waals surface area contributed by atoms with Crippen LogP contribution < -0.4 is 0 Å². The first-order valence-corrected chi connectivity index (χ1v) is 4.33. The second-order valence-electron chi connectivity index (χ2n) is 2.89. The molecule has 0 atom stereocenters. The fraction of sp³-hybridized carbons (Fsp3) is 0.0909. The number of nitro groups is 1. The Bertz CT molecular complexity index is 538. The van der Waals surface area contributed by atoms with Crippen LogP contribution in [0, 0.1) is 16.3 Å². The Kier molecular flexibility index (Phi) is 1.91. The number of nitro benzene ring substituents is 1. The van der Waals surface area contributed by atoms with Crippen molar-refractivity contribution in [3.8, 4) is 0 Å². The van der Waals surface area contributed by atoms with Gasteiger partial charge in [-0.25, -0.2) is 0 Å². The zero-order chi connectivity index (χ0) is 12.5. The number of hydrogen-bond acceptors (Lipinski definition) is 2. The molecule has 0 saturated heterocycles. The van der Waals surface area contributed by atoms with Gasteiger partial charge in [0.05, 0.1) is 20.4 Å². The van der Waals surface area contributed by atoms with Crippen LogP contribution in [0.2, 0.25) is 0 Å². The predicted molar refractivity (Wildman–Crippen MR) is 55.5 cm³/mol. The number of aromatic nitrogens is 1. The highest BCUT2D eigenvalue weighted by Crippen LogP contribution is 2.18. The van der Waals surface area contributed by atoms with Crippen LogP contribution >= 0.6 is 0 Å². The Hall–Kier alpha value is -2.10. The van der Waals surface area contributed by atoms with Gasteiger partial charge in [0, 0.05) is 17.8 Å². The van der Waals surface area contributed by atoms with Gasteiger partial charge in [-0.05, 0) is 12.1 Å². The van der Waals surface area contributed by atoms with Crippen molar-refractivity contribution >= 4 is 5.69 Å². The first-order valence-electron chi connectivity index (χ1n) is 5.33. The molecule has 0 amide bonds. The lowest BCUT2D eigenvalue weighted by molar-refractivity contribution is -0.385. The Morgan fingerprint density at radius 3 is 2.93 bits per heavy atom. The highest BCUT2D eigenvalue weighted by atomic mass is 16.6. The monoisotopic (exact) mass is 205 g/mol. The zero-order valence-electron chi connectivity index (χ0n) is 9.75. The van der Waals surface area contributed by atoms with Gasteiger partial charge in [-0.2, -0.15) is 0 Å². The number of benzene rings is 1.